The van der Waals surface area contributed by atoms with E-state index in [4.69, 9.17) is 0 Å². The molecule has 78 valence electrons. The molecule has 0 radical (unpaired) electrons. The number of hydrogen-bond donors (Lipinski definition) is 0. The van der Waals surface area contributed by atoms with Crippen molar-refractivity contribution in [2.24, 2.45) is 0 Å². The van der Waals surface area contributed by atoms with E-state index in [1.165, 1.54) is 0 Å². The third kappa shape index (κ3) is 2.33. The number of aromatic nitrogens is 4. The number of halogens is 3. The van der Waals surface area contributed by atoms with Gasteiger partial charge in [-0.2, -0.15) is 0 Å². The predicted octanol–water partition coefficient (Wildman–Crippen LogP) is 2.94. The maximum absolute atomic E-state index is 4.37. The first-order chi connectivity index (χ1) is 7.09. The van der Waals surface area contributed by atoms with Crippen LogP contribution in [0.5, 0.6) is 0 Å². The molecule has 15 heavy (non-hydrogen) atoms. The number of imidazole rings is 1. The monoisotopic (exact) mass is 490 g/mol. The summed E-state index contributed by atoms with van der Waals surface area (Å²) in [6.45, 7) is 1.87. The fraction of sp³-hybridized carbons (Fsp3) is 0.125. The molecule has 0 fully saturated rings. The lowest BCUT2D eigenvalue weighted by molar-refractivity contribution is 0.912. The molecular formula is C8H5BrI2N4. The summed E-state index contributed by atoms with van der Waals surface area (Å²) < 4.78 is 4.81. The summed E-state index contributed by atoms with van der Waals surface area (Å²) in [6, 6.07) is 0. The highest BCUT2D eigenvalue weighted by Crippen LogP contribution is 2.22. The van der Waals surface area contributed by atoms with E-state index in [2.05, 4.69) is 76.1 Å². The van der Waals surface area contributed by atoms with Crippen LogP contribution < -0.4 is 0 Å². The maximum atomic E-state index is 4.37. The van der Waals surface area contributed by atoms with E-state index in [9.17, 15) is 0 Å². The molecule has 0 unspecified atom stereocenters. The molecule has 0 amide bonds. The maximum Gasteiger partial charge on any atom is 0.156 e. The molecule has 2 rings (SSSR count). The molecule has 2 aromatic rings. The van der Waals surface area contributed by atoms with Gasteiger partial charge in [0.15, 0.2) is 5.82 Å². The fourth-order valence-electron chi connectivity index (χ4n) is 1.07. The lowest BCUT2D eigenvalue weighted by Gasteiger charge is -2.05. The van der Waals surface area contributed by atoms with E-state index < -0.39 is 0 Å². The lowest BCUT2D eigenvalue weighted by Crippen LogP contribution is -2.02. The Morgan fingerprint density at radius 3 is 2.67 bits per heavy atom. The molecule has 4 nitrogen and oxygen atoms in total. The SMILES string of the molecule is Cc1ncc(Br)c(-n2cnc(I)c2I)n1. The van der Waals surface area contributed by atoms with Gasteiger partial charge in [0, 0.05) is 6.20 Å². The normalized spacial score (nSPS) is 10.7. The van der Waals surface area contributed by atoms with Gasteiger partial charge in [-0.1, -0.05) is 0 Å². The first-order valence-corrected chi connectivity index (χ1v) is 6.92. The highest BCUT2D eigenvalue weighted by Gasteiger charge is 2.11. The molecule has 0 atom stereocenters. The van der Waals surface area contributed by atoms with Gasteiger partial charge in [-0.25, -0.2) is 15.0 Å². The molecule has 0 saturated carbocycles. The molecule has 2 aromatic heterocycles. The van der Waals surface area contributed by atoms with Gasteiger partial charge in [0.05, 0.1) is 4.47 Å². The van der Waals surface area contributed by atoms with Gasteiger partial charge in [0.25, 0.3) is 0 Å². The molecule has 0 spiro atoms. The molecule has 7 heteroatoms. The van der Waals surface area contributed by atoms with Gasteiger partial charge >= 0.3 is 0 Å². The summed E-state index contributed by atoms with van der Waals surface area (Å²) in [7, 11) is 0. The third-order valence-corrected chi connectivity index (χ3v) is 5.15. The summed E-state index contributed by atoms with van der Waals surface area (Å²) >= 11 is 7.87. The van der Waals surface area contributed by atoms with Crippen LogP contribution in [-0.2, 0) is 0 Å². The largest absolute Gasteiger partial charge is 0.276 e. The molecule has 0 aliphatic rings. The molecule has 0 aliphatic carbocycles. The average Bonchev–Trinajstić information content (AvgIpc) is 2.52. The summed E-state index contributed by atoms with van der Waals surface area (Å²) in [5.41, 5.74) is 0. The van der Waals surface area contributed by atoms with Crippen LogP contribution in [0.15, 0.2) is 17.0 Å². The summed E-state index contributed by atoms with van der Waals surface area (Å²) in [5.74, 6) is 1.56. The van der Waals surface area contributed by atoms with Crippen molar-refractivity contribution in [2.45, 2.75) is 6.92 Å². The van der Waals surface area contributed by atoms with Crippen molar-refractivity contribution in [3.8, 4) is 5.82 Å². The van der Waals surface area contributed by atoms with Crippen molar-refractivity contribution in [3.05, 3.63) is 30.2 Å². The molecule has 0 aliphatic heterocycles. The first kappa shape index (κ1) is 11.7. The van der Waals surface area contributed by atoms with Gasteiger partial charge in [-0.05, 0) is 68.0 Å². The third-order valence-electron chi connectivity index (χ3n) is 1.74. The van der Waals surface area contributed by atoms with Crippen molar-refractivity contribution in [2.75, 3.05) is 0 Å². The van der Waals surface area contributed by atoms with Crippen LogP contribution in [0.4, 0.5) is 0 Å². The van der Waals surface area contributed by atoms with E-state index in [1.54, 1.807) is 12.5 Å². The second-order valence-electron chi connectivity index (χ2n) is 2.78. The number of aryl methyl sites for hydroxylation is 1. The highest BCUT2D eigenvalue weighted by atomic mass is 127. The second-order valence-corrected chi connectivity index (χ2v) is 5.68. The summed E-state index contributed by atoms with van der Waals surface area (Å²) in [5, 5.41) is 0. The van der Waals surface area contributed by atoms with E-state index in [0.29, 0.717) is 0 Å². The Morgan fingerprint density at radius 1 is 1.33 bits per heavy atom. The second kappa shape index (κ2) is 4.62. The minimum absolute atomic E-state index is 0.743. The number of hydrogen-bond acceptors (Lipinski definition) is 3. The van der Waals surface area contributed by atoms with E-state index >= 15 is 0 Å². The van der Waals surface area contributed by atoms with Crippen molar-refractivity contribution in [1.29, 1.82) is 0 Å². The topological polar surface area (TPSA) is 43.6 Å². The Morgan fingerprint density at radius 2 is 2.07 bits per heavy atom. The average molecular weight is 491 g/mol. The zero-order valence-corrected chi connectivity index (χ0v) is 13.5. The standard InChI is InChI=1S/C8H5BrI2N4/c1-4-12-2-5(9)8(14-4)15-3-13-6(10)7(15)11/h2-3H,1H3. The molecular weight excluding hydrogens is 486 g/mol. The Kier molecular flexibility index (Phi) is 3.60. The van der Waals surface area contributed by atoms with Gasteiger partial charge in [-0.15, -0.1) is 0 Å². The van der Waals surface area contributed by atoms with Crippen LogP contribution in [0.25, 0.3) is 5.82 Å². The van der Waals surface area contributed by atoms with Crippen molar-refractivity contribution >= 4 is 61.1 Å². The van der Waals surface area contributed by atoms with Crippen molar-refractivity contribution < 1.29 is 0 Å². The van der Waals surface area contributed by atoms with Crippen molar-refractivity contribution in [3.63, 3.8) is 0 Å². The lowest BCUT2D eigenvalue weighted by atomic mass is 10.5. The zero-order valence-electron chi connectivity index (χ0n) is 7.58. The number of nitrogens with zero attached hydrogens (tertiary/aromatic N) is 4. The van der Waals surface area contributed by atoms with Crippen LogP contribution >= 0.6 is 61.1 Å². The molecule has 0 aromatic carbocycles. The van der Waals surface area contributed by atoms with Crippen LogP contribution in [0.3, 0.4) is 0 Å². The zero-order chi connectivity index (χ0) is 11.0. The van der Waals surface area contributed by atoms with Gasteiger partial charge < -0.3 is 0 Å². The van der Waals surface area contributed by atoms with Crippen LogP contribution in [-0.4, -0.2) is 19.5 Å². The number of rotatable bonds is 1. The predicted molar refractivity (Wildman–Crippen MR) is 77.0 cm³/mol. The van der Waals surface area contributed by atoms with E-state index in [-0.39, 0.29) is 0 Å². The minimum atomic E-state index is 0.743. The molecule has 0 bridgehead atoms. The van der Waals surface area contributed by atoms with Gasteiger partial charge in [0.2, 0.25) is 0 Å². The molecule has 2 heterocycles. The molecule has 0 saturated heterocycles. The van der Waals surface area contributed by atoms with Gasteiger partial charge in [0.1, 0.15) is 19.6 Å². The first-order valence-electron chi connectivity index (χ1n) is 3.97. The molecule has 0 N–H and O–H groups in total. The van der Waals surface area contributed by atoms with Gasteiger partial charge in [-0.3, -0.25) is 4.57 Å². The Hall–Kier alpha value is 0.230. The van der Waals surface area contributed by atoms with Crippen molar-refractivity contribution in [1.82, 2.24) is 19.5 Å². The Balaban J connectivity index is 2.63. The fourth-order valence-corrected chi connectivity index (χ4v) is 2.33. The summed E-state index contributed by atoms with van der Waals surface area (Å²) in [4.78, 5) is 12.7. The smallest absolute Gasteiger partial charge is 0.156 e. The minimum Gasteiger partial charge on any atom is -0.276 e. The van der Waals surface area contributed by atoms with E-state index in [1.807, 2.05) is 11.5 Å². The van der Waals surface area contributed by atoms with E-state index in [0.717, 1.165) is 23.5 Å². The Labute approximate surface area is 122 Å². The highest BCUT2D eigenvalue weighted by molar-refractivity contribution is 14.1. The quantitative estimate of drug-likeness (QED) is 0.577. The summed E-state index contributed by atoms with van der Waals surface area (Å²) in [6.07, 6.45) is 3.51. The Bertz CT molecular complexity index is 511. The van der Waals surface area contributed by atoms with Crippen LogP contribution in [0.1, 0.15) is 5.82 Å². The van der Waals surface area contributed by atoms with Crippen LogP contribution in [0, 0.1) is 14.3 Å². The van der Waals surface area contributed by atoms with Crippen LogP contribution in [0.2, 0.25) is 0 Å².